The minimum absolute atomic E-state index is 0.0287. The molecule has 158 valence electrons. The summed E-state index contributed by atoms with van der Waals surface area (Å²) in [6, 6.07) is 12.5. The third-order valence-electron chi connectivity index (χ3n) is 4.46. The van der Waals surface area contributed by atoms with Gasteiger partial charge in [0, 0.05) is 24.7 Å². The fourth-order valence-electron chi connectivity index (χ4n) is 2.90. The lowest BCUT2D eigenvalue weighted by molar-refractivity contribution is -0.125. The first-order chi connectivity index (χ1) is 14.3. The van der Waals surface area contributed by atoms with Gasteiger partial charge in [0.25, 0.3) is 5.91 Å². The lowest BCUT2D eigenvalue weighted by Crippen LogP contribution is -2.42. The lowest BCUT2D eigenvalue weighted by atomic mass is 10.2. The van der Waals surface area contributed by atoms with E-state index in [2.05, 4.69) is 10.9 Å². The van der Waals surface area contributed by atoms with Crippen molar-refractivity contribution < 1.29 is 27.5 Å². The normalized spacial score (nSPS) is 13.0. The summed E-state index contributed by atoms with van der Waals surface area (Å²) in [5.74, 6) is -0.720. The van der Waals surface area contributed by atoms with Gasteiger partial charge in [-0.1, -0.05) is 12.1 Å². The molecule has 1 aliphatic heterocycles. The van der Waals surface area contributed by atoms with Crippen molar-refractivity contribution >= 4 is 33.2 Å². The molecular weight excluding hydrogens is 410 g/mol. The molecule has 0 unspecified atom stereocenters. The Labute approximate surface area is 173 Å². The molecule has 0 bridgehead atoms. The molecular formula is C20H21N3O6S. The Morgan fingerprint density at radius 1 is 1.00 bits per heavy atom. The van der Waals surface area contributed by atoms with E-state index in [1.54, 1.807) is 23.1 Å². The fourth-order valence-corrected chi connectivity index (χ4v) is 3.53. The predicted molar refractivity (Wildman–Crippen MR) is 109 cm³/mol. The molecule has 0 fully saturated rings. The van der Waals surface area contributed by atoms with Gasteiger partial charge in [0.2, 0.25) is 11.8 Å². The molecule has 2 N–H and O–H groups in total. The monoisotopic (exact) mass is 431 g/mol. The van der Waals surface area contributed by atoms with Gasteiger partial charge >= 0.3 is 0 Å². The minimum atomic E-state index is -3.36. The largest absolute Gasteiger partial charge is 0.490 e. The fraction of sp³-hybridized carbons (Fsp3) is 0.250. The number of benzene rings is 2. The summed E-state index contributed by atoms with van der Waals surface area (Å²) in [4.78, 5) is 38.2. The van der Waals surface area contributed by atoms with Crippen LogP contribution in [0.1, 0.15) is 23.2 Å². The van der Waals surface area contributed by atoms with E-state index < -0.39 is 21.7 Å². The second-order valence-electron chi connectivity index (χ2n) is 6.66. The van der Waals surface area contributed by atoms with Crippen molar-refractivity contribution in [2.75, 3.05) is 24.3 Å². The van der Waals surface area contributed by atoms with Crippen LogP contribution in [0.3, 0.4) is 0 Å². The minimum Gasteiger partial charge on any atom is -0.490 e. The maximum absolute atomic E-state index is 12.5. The first-order valence-electron chi connectivity index (χ1n) is 9.17. The van der Waals surface area contributed by atoms with Crippen molar-refractivity contribution in [3.63, 3.8) is 0 Å². The summed E-state index contributed by atoms with van der Waals surface area (Å²) in [6.07, 6.45) is 0.934. The summed E-state index contributed by atoms with van der Waals surface area (Å²) in [5, 5.41) is 0. The highest BCUT2D eigenvalue weighted by Crippen LogP contribution is 2.31. The topological polar surface area (TPSA) is 122 Å². The first kappa shape index (κ1) is 21.3. The lowest BCUT2D eigenvalue weighted by Gasteiger charge is -2.29. The van der Waals surface area contributed by atoms with Crippen molar-refractivity contribution in [2.24, 2.45) is 0 Å². The number of fused-ring (bicyclic) bond motifs is 1. The number of amides is 3. The summed E-state index contributed by atoms with van der Waals surface area (Å²) >= 11 is 0. The Balaban J connectivity index is 1.48. The number of para-hydroxylation sites is 2. The van der Waals surface area contributed by atoms with E-state index in [1.807, 2.05) is 6.07 Å². The third kappa shape index (κ3) is 5.15. The SMILES string of the molecule is CS(=O)(=O)c1ccc(C(=O)NNC(=O)CCC(=O)N2CCOc3ccccc32)cc1. The number of hydrogen-bond acceptors (Lipinski definition) is 6. The molecule has 0 spiro atoms. The van der Waals surface area contributed by atoms with E-state index >= 15 is 0 Å². The Morgan fingerprint density at radius 3 is 2.40 bits per heavy atom. The van der Waals surface area contributed by atoms with Crippen LogP contribution in [0.5, 0.6) is 5.75 Å². The second kappa shape index (κ2) is 8.95. The average molecular weight is 431 g/mol. The van der Waals surface area contributed by atoms with E-state index in [-0.39, 0.29) is 29.2 Å². The molecule has 0 saturated carbocycles. The zero-order valence-electron chi connectivity index (χ0n) is 16.3. The third-order valence-corrected chi connectivity index (χ3v) is 5.58. The molecule has 0 atom stereocenters. The van der Waals surface area contributed by atoms with Crippen molar-refractivity contribution in [3.8, 4) is 5.75 Å². The highest BCUT2D eigenvalue weighted by molar-refractivity contribution is 7.90. The maximum atomic E-state index is 12.5. The number of hydrazine groups is 1. The quantitative estimate of drug-likeness (QED) is 0.683. The van der Waals surface area contributed by atoms with Crippen LogP contribution in [-0.4, -0.2) is 45.5 Å². The number of nitrogens with one attached hydrogen (secondary N) is 2. The van der Waals surface area contributed by atoms with Crippen LogP contribution < -0.4 is 20.5 Å². The van der Waals surface area contributed by atoms with Crippen molar-refractivity contribution in [2.45, 2.75) is 17.7 Å². The number of nitrogens with zero attached hydrogens (tertiary/aromatic N) is 1. The van der Waals surface area contributed by atoms with Crippen LogP contribution in [0.15, 0.2) is 53.4 Å². The van der Waals surface area contributed by atoms with Gasteiger partial charge in [0.1, 0.15) is 12.4 Å². The molecule has 9 nitrogen and oxygen atoms in total. The van der Waals surface area contributed by atoms with Crippen LogP contribution in [-0.2, 0) is 19.4 Å². The molecule has 0 aromatic heterocycles. The van der Waals surface area contributed by atoms with Crippen molar-refractivity contribution in [3.05, 3.63) is 54.1 Å². The van der Waals surface area contributed by atoms with Crippen LogP contribution in [0.2, 0.25) is 0 Å². The van der Waals surface area contributed by atoms with Gasteiger partial charge < -0.3 is 9.64 Å². The van der Waals surface area contributed by atoms with Crippen molar-refractivity contribution in [1.29, 1.82) is 0 Å². The molecule has 3 amide bonds. The van der Waals surface area contributed by atoms with Gasteiger partial charge in [-0.25, -0.2) is 8.42 Å². The zero-order valence-corrected chi connectivity index (χ0v) is 17.1. The molecule has 0 aliphatic carbocycles. The number of ether oxygens (including phenoxy) is 1. The van der Waals surface area contributed by atoms with Gasteiger partial charge in [-0.15, -0.1) is 0 Å². The van der Waals surface area contributed by atoms with Crippen LogP contribution in [0.25, 0.3) is 0 Å². The number of carbonyl (C=O) groups is 3. The number of rotatable bonds is 5. The highest BCUT2D eigenvalue weighted by atomic mass is 32.2. The first-order valence-corrected chi connectivity index (χ1v) is 11.1. The Bertz CT molecular complexity index is 1070. The predicted octanol–water partition coefficient (Wildman–Crippen LogP) is 1.06. The summed E-state index contributed by atoms with van der Waals surface area (Å²) in [5.41, 5.74) is 5.34. The summed E-state index contributed by atoms with van der Waals surface area (Å²) < 4.78 is 28.4. The Morgan fingerprint density at radius 2 is 1.70 bits per heavy atom. The van der Waals surface area contributed by atoms with Gasteiger partial charge in [-0.2, -0.15) is 0 Å². The van der Waals surface area contributed by atoms with Crippen molar-refractivity contribution in [1.82, 2.24) is 10.9 Å². The summed E-state index contributed by atoms with van der Waals surface area (Å²) in [6.45, 7) is 0.779. The molecule has 2 aromatic carbocycles. The van der Waals surface area contributed by atoms with Crippen LogP contribution >= 0.6 is 0 Å². The maximum Gasteiger partial charge on any atom is 0.269 e. The highest BCUT2D eigenvalue weighted by Gasteiger charge is 2.23. The van der Waals surface area contributed by atoms with Gasteiger partial charge in [-0.05, 0) is 36.4 Å². The van der Waals surface area contributed by atoms with E-state index in [4.69, 9.17) is 4.74 Å². The van der Waals surface area contributed by atoms with E-state index in [9.17, 15) is 22.8 Å². The van der Waals surface area contributed by atoms with Gasteiger partial charge in [-0.3, -0.25) is 25.2 Å². The molecule has 30 heavy (non-hydrogen) atoms. The number of anilines is 1. The number of hydrogen-bond donors (Lipinski definition) is 2. The second-order valence-corrected chi connectivity index (χ2v) is 8.68. The van der Waals surface area contributed by atoms with Gasteiger partial charge in [0.05, 0.1) is 17.1 Å². The Kier molecular flexibility index (Phi) is 6.36. The Hall–Kier alpha value is -3.40. The van der Waals surface area contributed by atoms with Gasteiger partial charge in [0.15, 0.2) is 9.84 Å². The molecule has 3 rings (SSSR count). The van der Waals surface area contributed by atoms with E-state index in [0.29, 0.717) is 24.6 Å². The van der Waals surface area contributed by atoms with E-state index in [0.717, 1.165) is 6.26 Å². The smallest absolute Gasteiger partial charge is 0.269 e. The molecule has 1 heterocycles. The zero-order chi connectivity index (χ0) is 21.7. The molecule has 10 heteroatoms. The molecule has 1 aliphatic rings. The van der Waals surface area contributed by atoms with Crippen LogP contribution in [0.4, 0.5) is 5.69 Å². The molecule has 0 radical (unpaired) electrons. The number of carbonyl (C=O) groups excluding carboxylic acids is 3. The number of sulfone groups is 1. The van der Waals surface area contributed by atoms with Crippen LogP contribution in [0, 0.1) is 0 Å². The molecule has 2 aromatic rings. The molecule has 0 saturated heterocycles. The standard InChI is InChI=1S/C20H21N3O6S/c1-30(27,28)15-8-6-14(7-9-15)20(26)22-21-18(24)10-11-19(25)23-12-13-29-17-5-3-2-4-16(17)23/h2-9H,10-13H2,1H3,(H,21,24)(H,22,26). The average Bonchev–Trinajstić information content (AvgIpc) is 2.74. The van der Waals surface area contributed by atoms with E-state index in [1.165, 1.54) is 24.3 Å². The summed E-state index contributed by atoms with van der Waals surface area (Å²) in [7, 11) is -3.36.